The number of ketones is 1. The topological polar surface area (TPSA) is 40.5 Å². The van der Waals surface area contributed by atoms with Crippen molar-refractivity contribution in [2.45, 2.75) is 12.5 Å². The number of hydrogen-bond acceptors (Lipinski definition) is 3. The molecule has 2 rings (SSSR count). The fourth-order valence-corrected chi connectivity index (χ4v) is 2.27. The van der Waals surface area contributed by atoms with Gasteiger partial charge in [0.25, 0.3) is 0 Å². The van der Waals surface area contributed by atoms with Crippen molar-refractivity contribution in [2.75, 3.05) is 19.0 Å². The van der Waals surface area contributed by atoms with Gasteiger partial charge in [0, 0.05) is 36.8 Å². The van der Waals surface area contributed by atoms with Crippen LogP contribution in [-0.2, 0) is 6.42 Å². The van der Waals surface area contributed by atoms with E-state index >= 15 is 0 Å². The highest BCUT2D eigenvalue weighted by molar-refractivity contribution is 6.31. The van der Waals surface area contributed by atoms with Crippen LogP contribution in [0.2, 0.25) is 5.02 Å². The van der Waals surface area contributed by atoms with Crippen molar-refractivity contribution in [1.29, 1.82) is 0 Å². The van der Waals surface area contributed by atoms with Crippen LogP contribution in [0, 0.1) is 0 Å². The summed E-state index contributed by atoms with van der Waals surface area (Å²) in [5.41, 5.74) is 2.43. The maximum absolute atomic E-state index is 12.2. The number of hydrogen-bond donors (Lipinski definition) is 1. The van der Waals surface area contributed by atoms with Gasteiger partial charge in [-0.25, -0.2) is 0 Å². The Morgan fingerprint density at radius 1 is 1.19 bits per heavy atom. The molecule has 0 aliphatic rings. The van der Waals surface area contributed by atoms with Gasteiger partial charge in [0.2, 0.25) is 0 Å². The van der Waals surface area contributed by atoms with Crippen molar-refractivity contribution in [3.8, 4) is 0 Å². The van der Waals surface area contributed by atoms with Gasteiger partial charge in [-0.3, -0.25) is 4.79 Å². The molecule has 2 aromatic carbocycles. The smallest absolute Gasteiger partial charge is 0.191 e. The lowest BCUT2D eigenvalue weighted by Gasteiger charge is -2.14. The minimum Gasteiger partial charge on any atom is -0.385 e. The number of halogens is 1. The Kier molecular flexibility index (Phi) is 4.99. The molecule has 0 bridgehead atoms. The molecule has 0 aliphatic heterocycles. The fourth-order valence-electron chi connectivity index (χ4n) is 2.08. The first-order valence-corrected chi connectivity index (χ1v) is 7.09. The van der Waals surface area contributed by atoms with E-state index in [9.17, 15) is 9.90 Å². The molecule has 4 heteroatoms. The van der Waals surface area contributed by atoms with Crippen molar-refractivity contribution in [3.63, 3.8) is 0 Å². The second-order valence-corrected chi connectivity index (χ2v) is 5.59. The molecule has 0 aromatic heterocycles. The van der Waals surface area contributed by atoms with Gasteiger partial charge >= 0.3 is 0 Å². The van der Waals surface area contributed by atoms with Crippen LogP contribution < -0.4 is 4.90 Å². The summed E-state index contributed by atoms with van der Waals surface area (Å²) in [7, 11) is 3.93. The van der Waals surface area contributed by atoms with Crippen LogP contribution in [0.15, 0.2) is 48.5 Å². The average molecular weight is 304 g/mol. The van der Waals surface area contributed by atoms with Gasteiger partial charge in [0.1, 0.15) is 6.10 Å². The van der Waals surface area contributed by atoms with Crippen molar-refractivity contribution in [1.82, 2.24) is 0 Å². The lowest BCUT2D eigenvalue weighted by atomic mass is 10.00. The molecule has 0 fully saturated rings. The molecule has 0 heterocycles. The van der Waals surface area contributed by atoms with Gasteiger partial charge < -0.3 is 10.0 Å². The molecular formula is C17H18ClNO2. The van der Waals surface area contributed by atoms with Crippen molar-refractivity contribution in [3.05, 3.63) is 64.7 Å². The molecule has 0 spiro atoms. The molecule has 0 amide bonds. The van der Waals surface area contributed by atoms with Gasteiger partial charge in [-0.05, 0) is 29.8 Å². The summed E-state index contributed by atoms with van der Waals surface area (Å²) >= 11 is 5.86. The Morgan fingerprint density at radius 2 is 1.86 bits per heavy atom. The van der Waals surface area contributed by atoms with E-state index < -0.39 is 6.10 Å². The van der Waals surface area contributed by atoms with Crippen LogP contribution in [0.4, 0.5) is 5.69 Å². The normalized spacial score (nSPS) is 12.0. The minimum atomic E-state index is -1.06. The zero-order valence-corrected chi connectivity index (χ0v) is 12.8. The molecule has 0 saturated heterocycles. The first kappa shape index (κ1) is 15.5. The van der Waals surface area contributed by atoms with Crippen molar-refractivity contribution < 1.29 is 9.90 Å². The largest absolute Gasteiger partial charge is 0.385 e. The lowest BCUT2D eigenvalue weighted by molar-refractivity contribution is 0.0748. The van der Waals surface area contributed by atoms with E-state index in [4.69, 9.17) is 11.6 Å². The molecule has 3 nitrogen and oxygen atoms in total. The van der Waals surface area contributed by atoms with E-state index in [0.29, 0.717) is 17.0 Å². The quantitative estimate of drug-likeness (QED) is 0.862. The van der Waals surface area contributed by atoms with E-state index in [0.717, 1.165) is 11.3 Å². The van der Waals surface area contributed by atoms with Crippen LogP contribution >= 0.6 is 11.6 Å². The lowest BCUT2D eigenvalue weighted by Crippen LogP contribution is -2.23. The molecule has 0 saturated carbocycles. The molecular weight excluding hydrogens is 286 g/mol. The van der Waals surface area contributed by atoms with E-state index in [1.165, 1.54) is 0 Å². The number of nitrogens with zero attached hydrogens (tertiary/aromatic N) is 1. The third-order valence-electron chi connectivity index (χ3n) is 3.29. The fraction of sp³-hybridized carbons (Fsp3) is 0.235. The SMILES string of the molecule is CN(C)c1ccc(CC(O)C(=O)c2cccc(Cl)c2)cc1. The zero-order chi connectivity index (χ0) is 15.4. The highest BCUT2D eigenvalue weighted by Crippen LogP contribution is 2.16. The molecule has 1 N–H and O–H groups in total. The summed E-state index contributed by atoms with van der Waals surface area (Å²) in [6.07, 6.45) is -0.771. The van der Waals surface area contributed by atoms with Gasteiger partial charge in [-0.1, -0.05) is 35.9 Å². The number of anilines is 1. The molecule has 2 aromatic rings. The standard InChI is InChI=1S/C17H18ClNO2/c1-19(2)15-8-6-12(7-9-15)10-16(20)17(21)13-4-3-5-14(18)11-13/h3-9,11,16,20H,10H2,1-2H3. The van der Waals surface area contributed by atoms with E-state index in [1.807, 2.05) is 43.3 Å². The molecule has 110 valence electrons. The molecule has 0 aliphatic carbocycles. The Balaban J connectivity index is 2.07. The third-order valence-corrected chi connectivity index (χ3v) is 3.53. The summed E-state index contributed by atoms with van der Waals surface area (Å²) in [5.74, 6) is -0.311. The first-order valence-electron chi connectivity index (χ1n) is 6.71. The Hall–Kier alpha value is -1.84. The Morgan fingerprint density at radius 3 is 2.43 bits per heavy atom. The second kappa shape index (κ2) is 6.74. The third kappa shape index (κ3) is 4.06. The summed E-state index contributed by atoms with van der Waals surface area (Å²) in [5, 5.41) is 10.6. The summed E-state index contributed by atoms with van der Waals surface area (Å²) in [6.45, 7) is 0. The van der Waals surface area contributed by atoms with Crippen LogP contribution in [0.5, 0.6) is 0 Å². The van der Waals surface area contributed by atoms with Crippen LogP contribution in [-0.4, -0.2) is 31.1 Å². The maximum atomic E-state index is 12.2. The van der Waals surface area contributed by atoms with E-state index in [2.05, 4.69) is 0 Å². The van der Waals surface area contributed by atoms with Gasteiger partial charge in [0.15, 0.2) is 5.78 Å². The number of benzene rings is 2. The Labute approximate surface area is 129 Å². The highest BCUT2D eigenvalue weighted by Gasteiger charge is 2.17. The average Bonchev–Trinajstić information content (AvgIpc) is 2.47. The molecule has 0 radical (unpaired) electrons. The van der Waals surface area contributed by atoms with E-state index in [1.54, 1.807) is 24.3 Å². The number of carbonyl (C=O) groups is 1. The van der Waals surface area contributed by atoms with Crippen LogP contribution in [0.25, 0.3) is 0 Å². The van der Waals surface area contributed by atoms with Crippen molar-refractivity contribution >= 4 is 23.1 Å². The molecule has 21 heavy (non-hydrogen) atoms. The number of Topliss-reactive ketones (excluding diaryl/α,β-unsaturated/α-hetero) is 1. The minimum absolute atomic E-state index is 0.291. The first-order chi connectivity index (χ1) is 9.97. The highest BCUT2D eigenvalue weighted by atomic mass is 35.5. The monoisotopic (exact) mass is 303 g/mol. The Bertz CT molecular complexity index is 623. The number of aliphatic hydroxyl groups excluding tert-OH is 1. The summed E-state index contributed by atoms with van der Waals surface area (Å²) in [6, 6.07) is 14.4. The van der Waals surface area contributed by atoms with E-state index in [-0.39, 0.29) is 5.78 Å². The van der Waals surface area contributed by atoms with Gasteiger partial charge in [0.05, 0.1) is 0 Å². The number of carbonyl (C=O) groups excluding carboxylic acids is 1. The number of aliphatic hydroxyl groups is 1. The zero-order valence-electron chi connectivity index (χ0n) is 12.1. The summed E-state index contributed by atoms with van der Waals surface area (Å²) < 4.78 is 0. The van der Waals surface area contributed by atoms with Crippen molar-refractivity contribution in [2.24, 2.45) is 0 Å². The predicted octanol–water partition coefficient (Wildman–Crippen LogP) is 3.19. The molecule has 1 atom stereocenters. The van der Waals surface area contributed by atoms with Gasteiger partial charge in [-0.2, -0.15) is 0 Å². The predicted molar refractivity (Wildman–Crippen MR) is 86.3 cm³/mol. The van der Waals surface area contributed by atoms with Crippen LogP contribution in [0.1, 0.15) is 15.9 Å². The van der Waals surface area contributed by atoms with Gasteiger partial charge in [-0.15, -0.1) is 0 Å². The summed E-state index contributed by atoms with van der Waals surface area (Å²) in [4.78, 5) is 14.2. The second-order valence-electron chi connectivity index (χ2n) is 5.16. The maximum Gasteiger partial charge on any atom is 0.191 e. The number of rotatable bonds is 5. The molecule has 1 unspecified atom stereocenters. The van der Waals surface area contributed by atoms with Crippen LogP contribution in [0.3, 0.4) is 0 Å².